The molecule has 6 heteroatoms. The van der Waals surface area contributed by atoms with Crippen LogP contribution in [0.3, 0.4) is 0 Å². The third kappa shape index (κ3) is 2.77. The Morgan fingerprint density at radius 1 is 1.33 bits per heavy atom. The SMILES string of the molecule is COc1ccc(CC[N+]2=NOC(=N)C2)cc1OC. The number of nitrogens with zero attached hydrogens (tertiary/aromatic N) is 2. The summed E-state index contributed by atoms with van der Waals surface area (Å²) in [5.41, 5.74) is 1.13. The van der Waals surface area contributed by atoms with E-state index in [-0.39, 0.29) is 5.90 Å². The number of benzene rings is 1. The Bertz CT molecular complexity index is 485. The van der Waals surface area contributed by atoms with Crippen LogP contribution < -0.4 is 9.47 Å². The van der Waals surface area contributed by atoms with Gasteiger partial charge in [-0.15, -0.1) is 0 Å². The van der Waals surface area contributed by atoms with Gasteiger partial charge >= 0.3 is 0 Å². The quantitative estimate of drug-likeness (QED) is 0.808. The van der Waals surface area contributed by atoms with Gasteiger partial charge in [0.05, 0.1) is 14.2 Å². The summed E-state index contributed by atoms with van der Waals surface area (Å²) < 4.78 is 12.1. The van der Waals surface area contributed by atoms with E-state index in [1.165, 1.54) is 0 Å². The lowest BCUT2D eigenvalue weighted by Crippen LogP contribution is -2.14. The molecule has 1 N–H and O–H groups in total. The lowest BCUT2D eigenvalue weighted by molar-refractivity contribution is -0.585. The van der Waals surface area contributed by atoms with E-state index in [0.717, 1.165) is 23.5 Å². The molecule has 1 aliphatic heterocycles. The van der Waals surface area contributed by atoms with Gasteiger partial charge in [-0.25, -0.2) is 0 Å². The van der Waals surface area contributed by atoms with E-state index in [4.69, 9.17) is 19.7 Å². The molecule has 1 heterocycles. The average molecular weight is 250 g/mol. The van der Waals surface area contributed by atoms with Gasteiger partial charge < -0.3 is 9.47 Å². The zero-order valence-electron chi connectivity index (χ0n) is 10.5. The molecule has 1 aromatic rings. The first kappa shape index (κ1) is 12.3. The van der Waals surface area contributed by atoms with E-state index in [1.54, 1.807) is 18.9 Å². The summed E-state index contributed by atoms with van der Waals surface area (Å²) in [5, 5.41) is 11.0. The fourth-order valence-corrected chi connectivity index (χ4v) is 1.74. The molecule has 2 rings (SSSR count). The molecule has 96 valence electrons. The van der Waals surface area contributed by atoms with Crippen LogP contribution in [0, 0.1) is 5.41 Å². The van der Waals surface area contributed by atoms with Gasteiger partial charge in [-0.1, -0.05) is 10.8 Å². The number of nitrogens with one attached hydrogen (secondary N) is 1. The van der Waals surface area contributed by atoms with Gasteiger partial charge in [-0.3, -0.25) is 10.2 Å². The third-order valence-corrected chi connectivity index (χ3v) is 2.70. The summed E-state index contributed by atoms with van der Waals surface area (Å²) in [6.45, 7) is 1.14. The highest BCUT2D eigenvalue weighted by atomic mass is 16.7. The molecule has 0 unspecified atom stereocenters. The Labute approximate surface area is 105 Å². The van der Waals surface area contributed by atoms with Crippen LogP contribution in [0.4, 0.5) is 0 Å². The van der Waals surface area contributed by atoms with E-state index in [9.17, 15) is 0 Å². The number of hydrogen-bond donors (Lipinski definition) is 1. The molecule has 1 aliphatic rings. The van der Waals surface area contributed by atoms with Crippen LogP contribution in [0.25, 0.3) is 0 Å². The molecule has 0 bridgehead atoms. The number of rotatable bonds is 5. The average Bonchev–Trinajstić information content (AvgIpc) is 2.81. The number of hydrogen-bond acceptors (Lipinski definition) is 5. The van der Waals surface area contributed by atoms with Crippen LogP contribution in [0.2, 0.25) is 0 Å². The van der Waals surface area contributed by atoms with Gasteiger partial charge in [0.2, 0.25) is 6.54 Å². The van der Waals surface area contributed by atoms with Crippen LogP contribution in [-0.4, -0.2) is 37.9 Å². The molecule has 1 aromatic carbocycles. The molecule has 0 aromatic heterocycles. The predicted octanol–water partition coefficient (Wildman–Crippen LogP) is 1.63. The lowest BCUT2D eigenvalue weighted by Gasteiger charge is -2.08. The van der Waals surface area contributed by atoms with Crippen molar-refractivity contribution in [1.82, 2.24) is 0 Å². The summed E-state index contributed by atoms with van der Waals surface area (Å²) in [4.78, 5) is 4.72. The molecule has 18 heavy (non-hydrogen) atoms. The number of ether oxygens (including phenoxy) is 2. The standard InChI is InChI=1S/C12H16N3O3/c1-16-10-4-3-9(7-11(10)17-2)5-6-15-8-12(13)18-14-15/h3-4,7,13H,5-6,8H2,1-2H3/q+1. The van der Waals surface area contributed by atoms with Crippen molar-refractivity contribution in [2.24, 2.45) is 5.28 Å². The maximum absolute atomic E-state index is 7.28. The van der Waals surface area contributed by atoms with Crippen molar-refractivity contribution in [3.8, 4) is 11.5 Å². The van der Waals surface area contributed by atoms with Crippen molar-refractivity contribution in [3.63, 3.8) is 0 Å². The lowest BCUT2D eigenvalue weighted by atomic mass is 10.1. The molecular formula is C12H16N3O3+. The smallest absolute Gasteiger partial charge is 0.291 e. The van der Waals surface area contributed by atoms with E-state index >= 15 is 0 Å². The highest BCUT2D eigenvalue weighted by molar-refractivity contribution is 5.73. The van der Waals surface area contributed by atoms with Crippen LogP contribution in [-0.2, 0) is 11.3 Å². The second kappa shape index (κ2) is 5.48. The van der Waals surface area contributed by atoms with Crippen LogP contribution in [0.1, 0.15) is 5.56 Å². The van der Waals surface area contributed by atoms with Crippen LogP contribution in [0.15, 0.2) is 23.5 Å². The minimum Gasteiger partial charge on any atom is -0.493 e. The first-order valence-corrected chi connectivity index (χ1v) is 5.64. The second-order valence-corrected chi connectivity index (χ2v) is 3.92. The van der Waals surface area contributed by atoms with Gasteiger partial charge in [-0.05, 0) is 17.7 Å². The van der Waals surface area contributed by atoms with Crippen molar-refractivity contribution in [2.45, 2.75) is 6.42 Å². The largest absolute Gasteiger partial charge is 0.493 e. The Morgan fingerprint density at radius 3 is 2.72 bits per heavy atom. The highest BCUT2D eigenvalue weighted by Gasteiger charge is 2.21. The predicted molar refractivity (Wildman–Crippen MR) is 64.5 cm³/mol. The maximum atomic E-state index is 7.28. The molecular weight excluding hydrogens is 234 g/mol. The van der Waals surface area contributed by atoms with Crippen molar-refractivity contribution < 1.29 is 19.0 Å². The van der Waals surface area contributed by atoms with E-state index < -0.39 is 0 Å². The van der Waals surface area contributed by atoms with Crippen molar-refractivity contribution in [3.05, 3.63) is 23.8 Å². The third-order valence-electron chi connectivity index (χ3n) is 2.70. The summed E-state index contributed by atoms with van der Waals surface area (Å²) in [5.74, 6) is 1.62. The second-order valence-electron chi connectivity index (χ2n) is 3.92. The fourth-order valence-electron chi connectivity index (χ4n) is 1.74. The topological polar surface area (TPSA) is 66.9 Å². The van der Waals surface area contributed by atoms with E-state index in [0.29, 0.717) is 13.1 Å². The summed E-state index contributed by atoms with van der Waals surface area (Å²) in [6.07, 6.45) is 0.806. The molecule has 0 saturated heterocycles. The fraction of sp³-hybridized carbons (Fsp3) is 0.417. The molecule has 0 fully saturated rings. The van der Waals surface area contributed by atoms with Crippen molar-refractivity contribution in [2.75, 3.05) is 27.3 Å². The highest BCUT2D eigenvalue weighted by Crippen LogP contribution is 2.27. The molecule has 0 amide bonds. The minimum absolute atomic E-state index is 0.183. The van der Waals surface area contributed by atoms with Crippen molar-refractivity contribution in [1.29, 1.82) is 5.41 Å². The molecule has 0 atom stereocenters. The summed E-state index contributed by atoms with van der Waals surface area (Å²) in [6, 6.07) is 5.82. The Morgan fingerprint density at radius 2 is 2.11 bits per heavy atom. The molecule has 0 saturated carbocycles. The zero-order valence-corrected chi connectivity index (χ0v) is 10.5. The first-order chi connectivity index (χ1) is 8.72. The normalized spacial score (nSPS) is 14.1. The Hall–Kier alpha value is -2.11. The zero-order chi connectivity index (χ0) is 13.0. The monoisotopic (exact) mass is 250 g/mol. The van der Waals surface area contributed by atoms with Gasteiger partial charge in [-0.2, -0.15) is 0 Å². The van der Waals surface area contributed by atoms with E-state index in [2.05, 4.69) is 5.28 Å². The maximum Gasteiger partial charge on any atom is 0.291 e. The summed E-state index contributed by atoms with van der Waals surface area (Å²) >= 11 is 0. The van der Waals surface area contributed by atoms with E-state index in [1.807, 2.05) is 18.2 Å². The van der Waals surface area contributed by atoms with Crippen LogP contribution in [0.5, 0.6) is 11.5 Å². The Kier molecular flexibility index (Phi) is 3.76. The Balaban J connectivity index is 1.99. The van der Waals surface area contributed by atoms with Crippen molar-refractivity contribution >= 4 is 5.90 Å². The van der Waals surface area contributed by atoms with Gasteiger partial charge in [0, 0.05) is 6.42 Å². The first-order valence-electron chi connectivity index (χ1n) is 5.64. The van der Waals surface area contributed by atoms with Gasteiger partial charge in [0.15, 0.2) is 23.3 Å². The number of methoxy groups -OCH3 is 2. The molecule has 0 spiro atoms. The summed E-state index contributed by atoms with van der Waals surface area (Å²) in [7, 11) is 3.23. The van der Waals surface area contributed by atoms with Gasteiger partial charge in [0.1, 0.15) is 0 Å². The minimum atomic E-state index is 0.183. The van der Waals surface area contributed by atoms with Gasteiger partial charge in [0.25, 0.3) is 5.90 Å². The molecule has 0 radical (unpaired) electrons. The molecule has 6 nitrogen and oxygen atoms in total. The molecule has 0 aliphatic carbocycles. The van der Waals surface area contributed by atoms with Crippen LogP contribution >= 0.6 is 0 Å².